The first-order chi connectivity index (χ1) is 9.26. The van der Waals surface area contributed by atoms with Gasteiger partial charge in [-0.25, -0.2) is 0 Å². The van der Waals surface area contributed by atoms with Crippen molar-refractivity contribution < 1.29 is 0 Å². The maximum Gasteiger partial charge on any atom is 0.0354 e. The van der Waals surface area contributed by atoms with Crippen LogP contribution in [0.2, 0.25) is 0 Å². The fraction of sp³-hybridized carbons (Fsp3) is 0.375. The van der Waals surface area contributed by atoms with Gasteiger partial charge in [0.15, 0.2) is 0 Å². The van der Waals surface area contributed by atoms with Gasteiger partial charge in [-0.3, -0.25) is 4.90 Å². The Morgan fingerprint density at radius 1 is 1.11 bits per heavy atom. The minimum atomic E-state index is 0.467. The molecule has 0 aromatic carbocycles. The third kappa shape index (κ3) is 3.56. The van der Waals surface area contributed by atoms with E-state index in [0.29, 0.717) is 6.04 Å². The zero-order valence-corrected chi connectivity index (χ0v) is 13.4. The molecule has 0 fully saturated rings. The van der Waals surface area contributed by atoms with Crippen LogP contribution < -0.4 is 0 Å². The van der Waals surface area contributed by atoms with Gasteiger partial charge in [0.1, 0.15) is 0 Å². The molecule has 0 bridgehead atoms. The zero-order valence-electron chi connectivity index (χ0n) is 11.8. The average Bonchev–Trinajstić information content (AvgIpc) is 3.11. The molecule has 3 heteroatoms. The summed E-state index contributed by atoms with van der Waals surface area (Å²) in [6, 6.07) is 9.15. The molecule has 0 amide bonds. The lowest BCUT2D eigenvalue weighted by molar-refractivity contribution is 0.268. The Balaban J connectivity index is 2.33. The van der Waals surface area contributed by atoms with E-state index in [0.717, 1.165) is 13.1 Å². The summed E-state index contributed by atoms with van der Waals surface area (Å²) in [5.74, 6) is 0. The summed E-state index contributed by atoms with van der Waals surface area (Å²) >= 11 is 3.64. The van der Waals surface area contributed by atoms with E-state index < -0.39 is 0 Å². The van der Waals surface area contributed by atoms with Crippen LogP contribution in [0.1, 0.15) is 30.5 Å². The molecule has 2 rings (SSSR count). The third-order valence-corrected chi connectivity index (χ3v) is 5.18. The third-order valence-electron chi connectivity index (χ3n) is 3.37. The smallest absolute Gasteiger partial charge is 0.0354 e. The van der Waals surface area contributed by atoms with Crippen LogP contribution in [-0.4, -0.2) is 24.0 Å². The van der Waals surface area contributed by atoms with Gasteiger partial charge in [-0.15, -0.1) is 22.7 Å². The van der Waals surface area contributed by atoms with Crippen molar-refractivity contribution in [2.75, 3.05) is 13.1 Å². The Morgan fingerprint density at radius 2 is 1.63 bits per heavy atom. The van der Waals surface area contributed by atoms with Crippen LogP contribution in [0.3, 0.4) is 0 Å². The van der Waals surface area contributed by atoms with Gasteiger partial charge in [0.25, 0.3) is 0 Å². The van der Waals surface area contributed by atoms with Crippen molar-refractivity contribution >= 4 is 28.2 Å². The average molecular weight is 291 g/mol. The summed E-state index contributed by atoms with van der Waals surface area (Å²) in [5, 5.41) is 4.30. The second kappa shape index (κ2) is 7.04. The molecule has 0 saturated heterocycles. The van der Waals surface area contributed by atoms with Crippen LogP contribution in [0.25, 0.3) is 5.57 Å². The molecular weight excluding hydrogens is 270 g/mol. The van der Waals surface area contributed by atoms with Crippen molar-refractivity contribution in [2.45, 2.75) is 26.8 Å². The predicted molar refractivity (Wildman–Crippen MR) is 88.1 cm³/mol. The Labute approximate surface area is 124 Å². The van der Waals surface area contributed by atoms with E-state index in [4.69, 9.17) is 0 Å². The Hall–Kier alpha value is -0.900. The lowest BCUT2D eigenvalue weighted by atomic mass is 10.1. The highest BCUT2D eigenvalue weighted by Gasteiger charge is 2.12. The van der Waals surface area contributed by atoms with Crippen LogP contribution in [0.15, 0.2) is 41.1 Å². The first-order valence-electron chi connectivity index (χ1n) is 6.79. The molecule has 0 spiro atoms. The zero-order chi connectivity index (χ0) is 13.7. The normalized spacial score (nSPS) is 12.6. The fourth-order valence-corrected chi connectivity index (χ4v) is 3.89. The fourth-order valence-electron chi connectivity index (χ4n) is 2.30. The van der Waals surface area contributed by atoms with Crippen LogP contribution in [0.5, 0.6) is 0 Å². The van der Waals surface area contributed by atoms with Gasteiger partial charge < -0.3 is 0 Å². The minimum absolute atomic E-state index is 0.467. The summed E-state index contributed by atoms with van der Waals surface area (Å²) in [6.07, 6.45) is 2.41. The topological polar surface area (TPSA) is 3.24 Å². The van der Waals surface area contributed by atoms with Gasteiger partial charge in [0.05, 0.1) is 0 Å². The van der Waals surface area contributed by atoms with E-state index in [2.05, 4.69) is 66.8 Å². The largest absolute Gasteiger partial charge is 0.298 e. The second-order valence-electron chi connectivity index (χ2n) is 4.50. The first kappa shape index (κ1) is 14.5. The molecule has 0 aliphatic carbocycles. The number of hydrogen-bond donors (Lipinski definition) is 0. The standard InChI is InChI=1S/C16H21NS2/c1-4-17(5-2)13(3)12-14(15-8-6-10-18-15)16-9-7-11-19-16/h6-13H,4-5H2,1-3H3/t13-/m1/s1. The van der Waals surface area contributed by atoms with Gasteiger partial charge in [0.2, 0.25) is 0 Å². The number of rotatable bonds is 6. The number of hydrogen-bond acceptors (Lipinski definition) is 3. The van der Waals surface area contributed by atoms with Gasteiger partial charge in [-0.1, -0.05) is 32.1 Å². The van der Waals surface area contributed by atoms with E-state index in [-0.39, 0.29) is 0 Å². The van der Waals surface area contributed by atoms with Crippen LogP contribution in [-0.2, 0) is 0 Å². The molecule has 2 aromatic rings. The van der Waals surface area contributed by atoms with Crippen LogP contribution in [0.4, 0.5) is 0 Å². The van der Waals surface area contributed by atoms with Crippen molar-refractivity contribution in [1.82, 2.24) is 4.90 Å². The van der Waals surface area contributed by atoms with Crippen molar-refractivity contribution in [2.24, 2.45) is 0 Å². The van der Waals surface area contributed by atoms with Crippen LogP contribution in [0, 0.1) is 0 Å². The minimum Gasteiger partial charge on any atom is -0.298 e. The van der Waals surface area contributed by atoms with Crippen molar-refractivity contribution in [1.29, 1.82) is 0 Å². The van der Waals surface area contributed by atoms with Crippen molar-refractivity contribution in [3.63, 3.8) is 0 Å². The van der Waals surface area contributed by atoms with Gasteiger partial charge in [0, 0.05) is 21.4 Å². The molecule has 0 radical (unpaired) electrons. The van der Waals surface area contributed by atoms with E-state index in [1.807, 2.05) is 22.7 Å². The molecule has 0 aliphatic heterocycles. The summed E-state index contributed by atoms with van der Waals surface area (Å²) in [5.41, 5.74) is 1.38. The van der Waals surface area contributed by atoms with Gasteiger partial charge >= 0.3 is 0 Å². The molecule has 0 saturated carbocycles. The van der Waals surface area contributed by atoms with E-state index >= 15 is 0 Å². The molecule has 102 valence electrons. The number of likely N-dealkylation sites (N-methyl/N-ethyl adjacent to an activating group) is 1. The first-order valence-corrected chi connectivity index (χ1v) is 8.55. The SMILES string of the molecule is CCN(CC)[C@H](C)C=C(c1cccs1)c1cccs1. The second-order valence-corrected chi connectivity index (χ2v) is 6.39. The maximum atomic E-state index is 2.47. The summed E-state index contributed by atoms with van der Waals surface area (Å²) in [6.45, 7) is 8.93. The predicted octanol–water partition coefficient (Wildman–Crippen LogP) is 4.97. The molecule has 1 atom stereocenters. The number of thiophene rings is 2. The maximum absolute atomic E-state index is 2.47. The molecule has 2 aromatic heterocycles. The quantitative estimate of drug-likeness (QED) is 0.726. The summed E-state index contributed by atoms with van der Waals surface area (Å²) in [4.78, 5) is 5.20. The summed E-state index contributed by atoms with van der Waals surface area (Å²) in [7, 11) is 0. The van der Waals surface area contributed by atoms with Gasteiger partial charge in [-0.05, 0) is 42.9 Å². The van der Waals surface area contributed by atoms with Crippen molar-refractivity contribution in [3.8, 4) is 0 Å². The van der Waals surface area contributed by atoms with Crippen molar-refractivity contribution in [3.05, 3.63) is 50.9 Å². The summed E-state index contributed by atoms with van der Waals surface area (Å²) < 4.78 is 0. The van der Waals surface area contributed by atoms with E-state index in [1.54, 1.807) is 0 Å². The van der Waals surface area contributed by atoms with Crippen LogP contribution >= 0.6 is 22.7 Å². The van der Waals surface area contributed by atoms with E-state index in [9.17, 15) is 0 Å². The molecular formula is C16H21NS2. The Morgan fingerprint density at radius 3 is 2.00 bits per heavy atom. The molecule has 19 heavy (non-hydrogen) atoms. The Kier molecular flexibility index (Phi) is 5.37. The Bertz CT molecular complexity index is 457. The molecule has 2 heterocycles. The molecule has 0 unspecified atom stereocenters. The monoisotopic (exact) mass is 291 g/mol. The van der Waals surface area contributed by atoms with Gasteiger partial charge in [-0.2, -0.15) is 0 Å². The lowest BCUT2D eigenvalue weighted by Gasteiger charge is -2.24. The number of nitrogens with zero attached hydrogens (tertiary/aromatic N) is 1. The lowest BCUT2D eigenvalue weighted by Crippen LogP contribution is -2.31. The molecule has 0 aliphatic rings. The molecule has 0 N–H and O–H groups in total. The van der Waals surface area contributed by atoms with E-state index in [1.165, 1.54) is 15.3 Å². The highest BCUT2D eigenvalue weighted by molar-refractivity contribution is 7.13. The molecule has 1 nitrogen and oxygen atoms in total. The highest BCUT2D eigenvalue weighted by atomic mass is 32.1. The highest BCUT2D eigenvalue weighted by Crippen LogP contribution is 2.31.